The van der Waals surface area contributed by atoms with Crippen molar-refractivity contribution >= 4 is 23.3 Å². The van der Waals surface area contributed by atoms with E-state index in [0.29, 0.717) is 6.61 Å². The molecule has 0 unspecified atom stereocenters. The number of primary amides is 1. The second kappa shape index (κ2) is 7.84. The standard InChI is InChI=1S/C22H23N3O3/c23-21(26)20-13-19(24-25(20)17-10-2-1-3-11-17)22(27)28-14-16-9-6-8-15-7-4-5-12-18(15)16/h1-5,7,10-12,16,20H,6,8-9,13-14H2,(H2,23,26)/t16-,20+/m0/s1. The number of fused-ring (bicyclic) bond motifs is 1. The van der Waals surface area contributed by atoms with Crippen LogP contribution in [0.25, 0.3) is 0 Å². The van der Waals surface area contributed by atoms with Gasteiger partial charge in [0.1, 0.15) is 11.8 Å². The Hall–Kier alpha value is -3.15. The molecule has 28 heavy (non-hydrogen) atoms. The van der Waals surface area contributed by atoms with Crippen molar-refractivity contribution in [2.24, 2.45) is 10.8 Å². The van der Waals surface area contributed by atoms with Gasteiger partial charge in [0.05, 0.1) is 12.3 Å². The van der Waals surface area contributed by atoms with Crippen LogP contribution < -0.4 is 10.7 Å². The third-order valence-corrected chi connectivity index (χ3v) is 5.40. The van der Waals surface area contributed by atoms with Crippen LogP contribution in [0, 0.1) is 0 Å². The summed E-state index contributed by atoms with van der Waals surface area (Å²) in [6.07, 6.45) is 3.31. The number of nitrogens with zero attached hydrogens (tertiary/aromatic N) is 2. The molecule has 6 heteroatoms. The molecule has 4 rings (SSSR count). The van der Waals surface area contributed by atoms with Gasteiger partial charge in [-0.3, -0.25) is 9.80 Å². The Morgan fingerprint density at radius 2 is 1.86 bits per heavy atom. The number of hydrogen-bond acceptors (Lipinski definition) is 5. The average Bonchev–Trinajstić information content (AvgIpc) is 3.18. The lowest BCUT2D eigenvalue weighted by Crippen LogP contribution is -2.39. The summed E-state index contributed by atoms with van der Waals surface area (Å²) in [6.45, 7) is 0.321. The van der Waals surface area contributed by atoms with Crippen LogP contribution in [0.1, 0.15) is 36.3 Å². The molecule has 2 N–H and O–H groups in total. The Kier molecular flexibility index (Phi) is 5.10. The number of esters is 1. The number of rotatable bonds is 5. The Balaban J connectivity index is 1.46. The number of hydrogen-bond donors (Lipinski definition) is 1. The van der Waals surface area contributed by atoms with Gasteiger partial charge in [-0.15, -0.1) is 0 Å². The fourth-order valence-electron chi connectivity index (χ4n) is 3.96. The van der Waals surface area contributed by atoms with Crippen LogP contribution in [-0.2, 0) is 20.7 Å². The van der Waals surface area contributed by atoms with Gasteiger partial charge in [0.2, 0.25) is 5.91 Å². The highest BCUT2D eigenvalue weighted by molar-refractivity contribution is 6.38. The maximum atomic E-state index is 12.6. The first-order valence-corrected chi connectivity index (χ1v) is 9.59. The van der Waals surface area contributed by atoms with Crippen LogP contribution in [0.2, 0.25) is 0 Å². The van der Waals surface area contributed by atoms with Crippen LogP contribution in [0.15, 0.2) is 59.7 Å². The summed E-state index contributed by atoms with van der Waals surface area (Å²) in [5, 5.41) is 5.85. The molecule has 2 aromatic carbocycles. The van der Waals surface area contributed by atoms with Crippen molar-refractivity contribution in [2.75, 3.05) is 11.6 Å². The lowest BCUT2D eigenvalue weighted by molar-refractivity contribution is -0.136. The van der Waals surface area contributed by atoms with Gasteiger partial charge < -0.3 is 10.5 Å². The lowest BCUT2D eigenvalue weighted by atomic mass is 9.83. The summed E-state index contributed by atoms with van der Waals surface area (Å²) in [7, 11) is 0. The van der Waals surface area contributed by atoms with Crippen molar-refractivity contribution in [1.29, 1.82) is 0 Å². The van der Waals surface area contributed by atoms with E-state index in [9.17, 15) is 9.59 Å². The van der Waals surface area contributed by atoms with Crippen LogP contribution in [0.3, 0.4) is 0 Å². The zero-order valence-electron chi connectivity index (χ0n) is 15.6. The molecule has 0 radical (unpaired) electrons. The van der Waals surface area contributed by atoms with E-state index in [1.165, 1.54) is 16.1 Å². The topological polar surface area (TPSA) is 85.0 Å². The maximum Gasteiger partial charge on any atom is 0.354 e. The molecule has 0 saturated heterocycles. The number of amides is 1. The Morgan fingerprint density at radius 1 is 1.11 bits per heavy atom. The monoisotopic (exact) mass is 377 g/mol. The lowest BCUT2D eigenvalue weighted by Gasteiger charge is -2.25. The van der Waals surface area contributed by atoms with Crippen molar-refractivity contribution < 1.29 is 14.3 Å². The number of anilines is 1. The molecule has 144 valence electrons. The van der Waals surface area contributed by atoms with Crippen LogP contribution in [-0.4, -0.2) is 30.2 Å². The van der Waals surface area contributed by atoms with Gasteiger partial charge >= 0.3 is 5.97 Å². The summed E-state index contributed by atoms with van der Waals surface area (Å²) >= 11 is 0. The first-order valence-electron chi connectivity index (χ1n) is 9.59. The van der Waals surface area contributed by atoms with E-state index >= 15 is 0 Å². The third kappa shape index (κ3) is 3.63. The van der Waals surface area contributed by atoms with Crippen LogP contribution in [0.4, 0.5) is 5.69 Å². The molecular weight excluding hydrogens is 354 g/mol. The zero-order chi connectivity index (χ0) is 19.5. The van der Waals surface area contributed by atoms with Gasteiger partial charge in [0, 0.05) is 12.3 Å². The largest absolute Gasteiger partial charge is 0.461 e. The predicted molar refractivity (Wildman–Crippen MR) is 107 cm³/mol. The van der Waals surface area contributed by atoms with E-state index in [4.69, 9.17) is 10.5 Å². The smallest absolute Gasteiger partial charge is 0.354 e. The van der Waals surface area contributed by atoms with Crippen molar-refractivity contribution in [3.05, 3.63) is 65.7 Å². The van der Waals surface area contributed by atoms with Gasteiger partial charge in [-0.05, 0) is 42.5 Å². The second-order valence-corrected chi connectivity index (χ2v) is 7.24. The number of hydrazone groups is 1. The number of carbonyl (C=O) groups is 2. The molecule has 2 aliphatic rings. The molecule has 2 aromatic rings. The Bertz CT molecular complexity index is 910. The first-order chi connectivity index (χ1) is 13.6. The van der Waals surface area contributed by atoms with Gasteiger partial charge in [-0.1, -0.05) is 42.5 Å². The van der Waals surface area contributed by atoms with Crippen molar-refractivity contribution in [3.63, 3.8) is 0 Å². The predicted octanol–water partition coefficient (Wildman–Crippen LogP) is 2.77. The molecule has 0 aromatic heterocycles. The summed E-state index contributed by atoms with van der Waals surface area (Å²) in [5.41, 5.74) is 9.07. The van der Waals surface area contributed by atoms with E-state index < -0.39 is 17.9 Å². The second-order valence-electron chi connectivity index (χ2n) is 7.24. The zero-order valence-corrected chi connectivity index (χ0v) is 15.6. The molecular formula is C22H23N3O3. The molecule has 1 aliphatic carbocycles. The molecule has 1 heterocycles. The van der Waals surface area contributed by atoms with E-state index in [1.54, 1.807) is 0 Å². The fraction of sp³-hybridized carbons (Fsp3) is 0.318. The minimum atomic E-state index is -0.680. The molecule has 1 amide bonds. The number of ether oxygens (including phenoxy) is 1. The molecule has 0 saturated carbocycles. The highest BCUT2D eigenvalue weighted by atomic mass is 16.5. The molecule has 0 fully saturated rings. The van der Waals surface area contributed by atoms with E-state index in [1.807, 2.05) is 42.5 Å². The Labute approximate surface area is 164 Å². The van der Waals surface area contributed by atoms with Crippen LogP contribution >= 0.6 is 0 Å². The number of aryl methyl sites for hydroxylation is 1. The summed E-state index contributed by atoms with van der Waals surface area (Å²) in [5.74, 6) is -0.794. The highest BCUT2D eigenvalue weighted by Gasteiger charge is 2.36. The van der Waals surface area contributed by atoms with Gasteiger partial charge in [0.25, 0.3) is 0 Å². The number of carbonyl (C=O) groups excluding carboxylic acids is 2. The normalized spacial score (nSPS) is 21.0. The molecule has 0 bridgehead atoms. The quantitative estimate of drug-likeness (QED) is 0.812. The molecule has 0 spiro atoms. The van der Waals surface area contributed by atoms with Gasteiger partial charge in [0.15, 0.2) is 0 Å². The molecule has 2 atom stereocenters. The number of benzene rings is 2. The number of para-hydroxylation sites is 1. The van der Waals surface area contributed by atoms with E-state index in [0.717, 1.165) is 24.9 Å². The third-order valence-electron chi connectivity index (χ3n) is 5.40. The van der Waals surface area contributed by atoms with Crippen molar-refractivity contribution in [2.45, 2.75) is 37.6 Å². The summed E-state index contributed by atoms with van der Waals surface area (Å²) in [4.78, 5) is 24.5. The summed E-state index contributed by atoms with van der Waals surface area (Å²) < 4.78 is 5.59. The first kappa shape index (κ1) is 18.2. The van der Waals surface area contributed by atoms with E-state index in [-0.39, 0.29) is 18.1 Å². The average molecular weight is 377 g/mol. The van der Waals surface area contributed by atoms with E-state index in [2.05, 4.69) is 17.2 Å². The SMILES string of the molecule is NC(=O)[C@H]1CC(C(=O)OC[C@@H]2CCCc3ccccc32)=NN1c1ccccc1. The Morgan fingerprint density at radius 3 is 2.64 bits per heavy atom. The van der Waals surface area contributed by atoms with Crippen molar-refractivity contribution in [1.82, 2.24) is 0 Å². The minimum Gasteiger partial charge on any atom is -0.461 e. The van der Waals surface area contributed by atoms with Crippen molar-refractivity contribution in [3.8, 4) is 0 Å². The summed E-state index contributed by atoms with van der Waals surface area (Å²) in [6, 6.07) is 16.9. The van der Waals surface area contributed by atoms with Gasteiger partial charge in [-0.25, -0.2) is 4.79 Å². The van der Waals surface area contributed by atoms with Gasteiger partial charge in [-0.2, -0.15) is 5.10 Å². The molecule has 1 aliphatic heterocycles. The highest BCUT2D eigenvalue weighted by Crippen LogP contribution is 2.32. The fourth-order valence-corrected chi connectivity index (χ4v) is 3.96. The minimum absolute atomic E-state index is 0.157. The van der Waals surface area contributed by atoms with Crippen LogP contribution in [0.5, 0.6) is 0 Å². The maximum absolute atomic E-state index is 12.6. The molecule has 6 nitrogen and oxygen atoms in total. The number of nitrogens with two attached hydrogens (primary N) is 1.